The molecule has 0 bridgehead atoms. The number of azo groups is 1. The molecule has 0 saturated carbocycles. The molecular weight excluding hydrogens is 634 g/mol. The average Bonchev–Trinajstić information content (AvgIpc) is 2.80. The lowest BCUT2D eigenvalue weighted by Gasteiger charge is -2.14. The van der Waals surface area contributed by atoms with E-state index in [1.807, 2.05) is 0 Å². The number of rotatable bonds is 10. The first-order valence-corrected chi connectivity index (χ1v) is 16.5. The summed E-state index contributed by atoms with van der Waals surface area (Å²) >= 11 is 0. The van der Waals surface area contributed by atoms with Crippen molar-refractivity contribution in [1.82, 2.24) is 0 Å². The van der Waals surface area contributed by atoms with E-state index in [1.165, 1.54) is 0 Å². The Labute approximate surface area is 232 Å². The van der Waals surface area contributed by atoms with Gasteiger partial charge in [0.05, 0.1) is 34.0 Å². The maximum atomic E-state index is 12.3. The van der Waals surface area contributed by atoms with Gasteiger partial charge in [-0.1, -0.05) is 0 Å². The van der Waals surface area contributed by atoms with Gasteiger partial charge in [0.15, 0.2) is 15.6 Å². The maximum absolute atomic E-state index is 12.3. The molecule has 5 N–H and O–H groups in total. The summed E-state index contributed by atoms with van der Waals surface area (Å²) in [5.74, 6) is -2.56. The number of benzene rings is 3. The SMILES string of the molecule is CC(=O)Nc1ccc(S(=O)(=O)O)c2cc(S(=O)(=O)O)c(/N=N/c3ccc(S(=O)(=O)CCOS(=O)(=O)O)cc3)c(O)c12. The monoisotopic (exact) mass is 653 g/mol. The van der Waals surface area contributed by atoms with E-state index in [-0.39, 0.29) is 16.3 Å². The topological polar surface area (TPSA) is 281 Å². The van der Waals surface area contributed by atoms with E-state index in [9.17, 15) is 52.7 Å². The van der Waals surface area contributed by atoms with E-state index in [2.05, 4.69) is 19.7 Å². The van der Waals surface area contributed by atoms with E-state index in [0.29, 0.717) is 6.07 Å². The summed E-state index contributed by atoms with van der Waals surface area (Å²) in [5, 5.41) is 19.5. The molecule has 0 aliphatic heterocycles. The van der Waals surface area contributed by atoms with Crippen LogP contribution >= 0.6 is 0 Å². The second kappa shape index (κ2) is 11.4. The van der Waals surface area contributed by atoms with Crippen LogP contribution in [0.5, 0.6) is 5.75 Å². The van der Waals surface area contributed by atoms with Gasteiger partial charge >= 0.3 is 10.4 Å². The predicted octanol–water partition coefficient (Wildman–Crippen LogP) is 2.01. The Balaban J connectivity index is 2.14. The molecule has 3 aromatic rings. The Morgan fingerprint density at radius 2 is 1.44 bits per heavy atom. The van der Waals surface area contributed by atoms with Crippen LogP contribution in [0.15, 0.2) is 67.4 Å². The molecule has 3 rings (SSSR count). The second-order valence-electron chi connectivity index (χ2n) is 8.00. The van der Waals surface area contributed by atoms with Crippen molar-refractivity contribution in [3.63, 3.8) is 0 Å². The Hall–Kier alpha value is -3.57. The Bertz CT molecular complexity index is 2010. The van der Waals surface area contributed by atoms with Gasteiger partial charge in [-0.05, 0) is 42.5 Å². The number of hydrogen-bond donors (Lipinski definition) is 5. The minimum absolute atomic E-state index is 0.118. The van der Waals surface area contributed by atoms with Crippen molar-refractivity contribution in [3.05, 3.63) is 42.5 Å². The van der Waals surface area contributed by atoms with E-state index >= 15 is 0 Å². The smallest absolute Gasteiger partial charge is 0.397 e. The van der Waals surface area contributed by atoms with Crippen LogP contribution in [0.2, 0.25) is 0 Å². The van der Waals surface area contributed by atoms with Crippen LogP contribution in [-0.4, -0.2) is 70.7 Å². The molecule has 0 aliphatic rings. The Morgan fingerprint density at radius 3 is 1.95 bits per heavy atom. The van der Waals surface area contributed by atoms with Crippen LogP contribution in [0.25, 0.3) is 10.8 Å². The van der Waals surface area contributed by atoms with Gasteiger partial charge in [0, 0.05) is 12.3 Å². The van der Waals surface area contributed by atoms with Crippen LogP contribution in [0.1, 0.15) is 6.92 Å². The van der Waals surface area contributed by atoms with Crippen molar-refractivity contribution in [2.45, 2.75) is 21.6 Å². The second-order valence-corrected chi connectivity index (χ2v) is 14.0. The molecule has 1 amide bonds. The number of carbonyl (C=O) groups excluding carboxylic acids is 1. The molecule has 0 atom stereocenters. The van der Waals surface area contributed by atoms with Gasteiger partial charge in [-0.2, -0.15) is 30.4 Å². The lowest BCUT2D eigenvalue weighted by Crippen LogP contribution is -2.15. The van der Waals surface area contributed by atoms with Gasteiger partial charge in [-0.3, -0.25) is 18.5 Å². The molecule has 0 aliphatic carbocycles. The van der Waals surface area contributed by atoms with Gasteiger partial charge in [0.25, 0.3) is 20.2 Å². The first-order chi connectivity index (χ1) is 18.7. The largest absolute Gasteiger partial charge is 0.505 e. The highest BCUT2D eigenvalue weighted by molar-refractivity contribution is 7.91. The van der Waals surface area contributed by atoms with Gasteiger partial charge < -0.3 is 10.4 Å². The number of hydrogen-bond acceptors (Lipinski definition) is 13. The van der Waals surface area contributed by atoms with Crippen molar-refractivity contribution in [1.29, 1.82) is 0 Å². The zero-order valence-electron chi connectivity index (χ0n) is 20.4. The fourth-order valence-corrected chi connectivity index (χ4v) is 6.26. The summed E-state index contributed by atoms with van der Waals surface area (Å²) < 4.78 is 126. The Kier molecular flexibility index (Phi) is 8.86. The van der Waals surface area contributed by atoms with E-state index < -0.39 is 90.7 Å². The van der Waals surface area contributed by atoms with Crippen molar-refractivity contribution in [2.75, 3.05) is 17.7 Å². The van der Waals surface area contributed by atoms with E-state index in [1.54, 1.807) is 0 Å². The molecule has 41 heavy (non-hydrogen) atoms. The van der Waals surface area contributed by atoms with Crippen LogP contribution in [0.3, 0.4) is 0 Å². The van der Waals surface area contributed by atoms with Gasteiger partial charge in [-0.15, -0.1) is 5.11 Å². The minimum atomic E-state index is -5.22. The molecule has 0 unspecified atom stereocenters. The molecule has 0 saturated heterocycles. The molecular formula is C20H19N3O14S4. The number of carbonyl (C=O) groups is 1. The van der Waals surface area contributed by atoms with Crippen LogP contribution < -0.4 is 5.32 Å². The molecule has 21 heteroatoms. The minimum Gasteiger partial charge on any atom is -0.505 e. The van der Waals surface area contributed by atoms with Crippen molar-refractivity contribution >= 4 is 74.2 Å². The predicted molar refractivity (Wildman–Crippen MR) is 140 cm³/mol. The highest BCUT2D eigenvalue weighted by Crippen LogP contribution is 2.46. The van der Waals surface area contributed by atoms with E-state index in [0.717, 1.165) is 43.3 Å². The van der Waals surface area contributed by atoms with Gasteiger partial charge in [-0.25, -0.2) is 12.6 Å². The third-order valence-electron chi connectivity index (χ3n) is 5.09. The lowest BCUT2D eigenvalue weighted by atomic mass is 10.1. The number of amides is 1. The standard InChI is InChI=1S/C20H19N3O14S4/c1-11(24)21-15-6-7-16(39(28,29)30)14-10-17(40(31,32)33)19(20(25)18(14)15)23-22-12-2-4-13(5-3-12)38(26,27)9-8-37-41(34,35)36/h2-7,10,25H,8-9H2,1H3,(H,21,24)(H,28,29,30)(H,31,32,33)(H,34,35,36)/b23-22+. The average molecular weight is 654 g/mol. The first kappa shape index (κ1) is 32.0. The summed E-state index contributed by atoms with van der Waals surface area (Å²) in [6.07, 6.45) is 0. The van der Waals surface area contributed by atoms with Crippen molar-refractivity contribution in [3.8, 4) is 5.75 Å². The maximum Gasteiger partial charge on any atom is 0.397 e. The summed E-state index contributed by atoms with van der Waals surface area (Å²) in [6.45, 7) is 0.209. The fourth-order valence-electron chi connectivity index (χ4n) is 3.44. The van der Waals surface area contributed by atoms with Crippen LogP contribution in [-0.2, 0) is 49.5 Å². The van der Waals surface area contributed by atoms with E-state index in [4.69, 9.17) is 4.55 Å². The third kappa shape index (κ3) is 7.80. The number of phenols is 1. The van der Waals surface area contributed by atoms with Crippen LogP contribution in [0.4, 0.5) is 17.1 Å². The third-order valence-corrected chi connectivity index (χ3v) is 9.03. The first-order valence-electron chi connectivity index (χ1n) is 10.6. The molecule has 17 nitrogen and oxygen atoms in total. The zero-order valence-corrected chi connectivity index (χ0v) is 23.6. The highest BCUT2D eigenvalue weighted by atomic mass is 32.3. The van der Waals surface area contributed by atoms with Crippen molar-refractivity contribution in [2.24, 2.45) is 10.2 Å². The molecule has 3 aromatic carbocycles. The Morgan fingerprint density at radius 1 is 0.854 bits per heavy atom. The summed E-state index contributed by atoms with van der Waals surface area (Å²) in [5.41, 5.74) is -1.24. The molecule has 222 valence electrons. The van der Waals surface area contributed by atoms with Crippen LogP contribution in [0, 0.1) is 0 Å². The number of nitrogens with zero attached hydrogens (tertiary/aromatic N) is 2. The molecule has 0 heterocycles. The number of fused-ring (bicyclic) bond motifs is 1. The summed E-state index contributed by atoms with van der Waals surface area (Å²) in [6, 6.07) is 6.62. The highest BCUT2D eigenvalue weighted by Gasteiger charge is 2.27. The quantitative estimate of drug-likeness (QED) is 0.155. The molecule has 0 radical (unpaired) electrons. The normalized spacial score (nSPS) is 13.1. The molecule has 0 fully saturated rings. The number of aromatic hydroxyl groups is 1. The van der Waals surface area contributed by atoms with Gasteiger partial charge in [0.1, 0.15) is 15.5 Å². The number of anilines is 1. The molecule has 0 aromatic heterocycles. The fraction of sp³-hybridized carbons (Fsp3) is 0.150. The van der Waals surface area contributed by atoms with Gasteiger partial charge in [0.2, 0.25) is 5.91 Å². The number of sulfone groups is 1. The molecule has 0 spiro atoms. The summed E-state index contributed by atoms with van der Waals surface area (Å²) in [4.78, 5) is 9.33. The lowest BCUT2D eigenvalue weighted by molar-refractivity contribution is -0.114. The van der Waals surface area contributed by atoms with Crippen molar-refractivity contribution < 1.29 is 61.4 Å². The summed E-state index contributed by atoms with van der Waals surface area (Å²) in [7, 11) is -19.2. The number of phenolic OH excluding ortho intramolecular Hbond substituents is 1. The zero-order chi connectivity index (χ0) is 31.0. The number of nitrogens with one attached hydrogen (secondary N) is 1.